The van der Waals surface area contributed by atoms with E-state index in [2.05, 4.69) is 15.6 Å². The van der Waals surface area contributed by atoms with E-state index in [1.807, 2.05) is 30.3 Å². The molecule has 1 aliphatic rings. The average Bonchev–Trinajstić information content (AvgIpc) is 3.18. The van der Waals surface area contributed by atoms with E-state index in [1.165, 1.54) is 5.56 Å². The van der Waals surface area contributed by atoms with Gasteiger partial charge in [-0.25, -0.2) is 4.98 Å². The number of anilines is 2. The van der Waals surface area contributed by atoms with Crippen LogP contribution in [0, 0.1) is 0 Å². The zero-order valence-electron chi connectivity index (χ0n) is 14.9. The predicted molar refractivity (Wildman–Crippen MR) is 108 cm³/mol. The molecule has 6 nitrogen and oxygen atoms in total. The van der Waals surface area contributed by atoms with Gasteiger partial charge in [-0.3, -0.25) is 4.79 Å². The molecule has 7 heteroatoms. The maximum atomic E-state index is 12.4. The molecule has 2 N–H and O–H groups in total. The Hall–Kier alpha value is -3.25. The van der Waals surface area contributed by atoms with Crippen LogP contribution in [0.2, 0.25) is 5.02 Å². The zero-order chi connectivity index (χ0) is 19.3. The molecule has 1 aliphatic heterocycles. The molecular weight excluding hydrogens is 378 g/mol. The number of halogens is 1. The highest BCUT2D eigenvalue weighted by molar-refractivity contribution is 6.30. The third kappa shape index (κ3) is 4.35. The number of aromatic nitrogens is 1. The Balaban J connectivity index is 1.30. The Labute approximate surface area is 167 Å². The molecule has 0 unspecified atom stereocenters. The number of hydrogen-bond acceptors (Lipinski definition) is 5. The molecule has 0 fully saturated rings. The van der Waals surface area contributed by atoms with Crippen molar-refractivity contribution < 1.29 is 14.3 Å². The molecule has 1 amide bonds. The number of pyridine rings is 1. The first-order valence-electron chi connectivity index (χ1n) is 8.83. The second kappa shape index (κ2) is 8.19. The Kier molecular flexibility index (Phi) is 5.30. The smallest absolute Gasteiger partial charge is 0.256 e. The normalized spacial score (nSPS) is 11.9. The van der Waals surface area contributed by atoms with Gasteiger partial charge < -0.3 is 20.1 Å². The third-order valence-electron chi connectivity index (χ3n) is 4.30. The van der Waals surface area contributed by atoms with Gasteiger partial charge in [-0.2, -0.15) is 0 Å². The predicted octanol–water partition coefficient (Wildman–Crippen LogP) is 4.37. The SMILES string of the molecule is O=C(Nc1ccc(NCCc2ccc(Cl)cc2)cn1)c1ccc2c(c1)OCO2. The lowest BCUT2D eigenvalue weighted by molar-refractivity contribution is 0.102. The third-order valence-corrected chi connectivity index (χ3v) is 4.55. The highest BCUT2D eigenvalue weighted by Gasteiger charge is 2.16. The Morgan fingerprint density at radius 1 is 1.04 bits per heavy atom. The molecule has 2 heterocycles. The number of nitrogens with one attached hydrogen (secondary N) is 2. The minimum Gasteiger partial charge on any atom is -0.454 e. The molecular formula is C21H18ClN3O3. The lowest BCUT2D eigenvalue weighted by Gasteiger charge is -2.08. The quantitative estimate of drug-likeness (QED) is 0.648. The van der Waals surface area contributed by atoms with E-state index in [0.29, 0.717) is 22.9 Å². The van der Waals surface area contributed by atoms with Crippen molar-refractivity contribution in [2.45, 2.75) is 6.42 Å². The summed E-state index contributed by atoms with van der Waals surface area (Å²) in [6, 6.07) is 16.5. The molecule has 0 radical (unpaired) electrons. The summed E-state index contributed by atoms with van der Waals surface area (Å²) in [6.07, 6.45) is 2.57. The molecule has 0 saturated carbocycles. The molecule has 0 spiro atoms. The summed E-state index contributed by atoms with van der Waals surface area (Å²) < 4.78 is 10.5. The summed E-state index contributed by atoms with van der Waals surface area (Å²) in [6.45, 7) is 0.945. The van der Waals surface area contributed by atoms with Gasteiger partial charge in [-0.15, -0.1) is 0 Å². The van der Waals surface area contributed by atoms with Crippen molar-refractivity contribution in [1.82, 2.24) is 4.98 Å². The van der Waals surface area contributed by atoms with Crippen LogP contribution in [0.3, 0.4) is 0 Å². The second-order valence-corrected chi connectivity index (χ2v) is 6.69. The monoisotopic (exact) mass is 395 g/mol. The minimum absolute atomic E-state index is 0.175. The van der Waals surface area contributed by atoms with Crippen molar-refractivity contribution >= 4 is 29.0 Å². The molecule has 1 aromatic heterocycles. The van der Waals surface area contributed by atoms with Crippen molar-refractivity contribution in [2.24, 2.45) is 0 Å². The standard InChI is InChI=1S/C21H18ClN3O3/c22-16-4-1-14(2-5-16)9-10-23-17-6-8-20(24-12-17)25-21(26)15-3-7-18-19(11-15)28-13-27-18/h1-8,11-12,23H,9-10,13H2,(H,24,25,26). The van der Waals surface area contributed by atoms with E-state index in [4.69, 9.17) is 21.1 Å². The van der Waals surface area contributed by atoms with Crippen LogP contribution in [0.4, 0.5) is 11.5 Å². The molecule has 142 valence electrons. The Morgan fingerprint density at radius 3 is 2.64 bits per heavy atom. The second-order valence-electron chi connectivity index (χ2n) is 6.26. The fraction of sp³-hybridized carbons (Fsp3) is 0.143. The summed E-state index contributed by atoms with van der Waals surface area (Å²) >= 11 is 5.89. The first-order chi connectivity index (χ1) is 13.7. The largest absolute Gasteiger partial charge is 0.454 e. The number of carbonyl (C=O) groups is 1. The average molecular weight is 396 g/mol. The number of rotatable bonds is 6. The summed E-state index contributed by atoms with van der Waals surface area (Å²) in [5.74, 6) is 1.43. The van der Waals surface area contributed by atoms with Crippen LogP contribution < -0.4 is 20.1 Å². The van der Waals surface area contributed by atoms with E-state index in [9.17, 15) is 4.79 Å². The molecule has 0 aliphatic carbocycles. The van der Waals surface area contributed by atoms with Crippen LogP contribution in [0.25, 0.3) is 0 Å². The summed E-state index contributed by atoms with van der Waals surface area (Å²) in [5, 5.41) is 6.82. The molecule has 0 atom stereocenters. The van der Waals surface area contributed by atoms with Gasteiger partial charge in [0.2, 0.25) is 6.79 Å². The zero-order valence-corrected chi connectivity index (χ0v) is 15.7. The van der Waals surface area contributed by atoms with E-state index in [1.54, 1.807) is 30.5 Å². The summed E-state index contributed by atoms with van der Waals surface area (Å²) in [7, 11) is 0. The van der Waals surface area contributed by atoms with Gasteiger partial charge in [-0.1, -0.05) is 23.7 Å². The number of fused-ring (bicyclic) bond motifs is 1. The van der Waals surface area contributed by atoms with Gasteiger partial charge in [0.15, 0.2) is 11.5 Å². The van der Waals surface area contributed by atoms with Gasteiger partial charge in [0.25, 0.3) is 5.91 Å². The van der Waals surface area contributed by atoms with Gasteiger partial charge in [0.1, 0.15) is 5.82 Å². The lowest BCUT2D eigenvalue weighted by Crippen LogP contribution is -2.13. The van der Waals surface area contributed by atoms with Gasteiger partial charge in [0, 0.05) is 17.1 Å². The van der Waals surface area contributed by atoms with Crippen molar-refractivity contribution in [3.05, 3.63) is 76.9 Å². The first kappa shape index (κ1) is 18.1. The highest BCUT2D eigenvalue weighted by Crippen LogP contribution is 2.32. The molecule has 4 rings (SSSR count). The highest BCUT2D eigenvalue weighted by atomic mass is 35.5. The van der Waals surface area contributed by atoms with Crippen LogP contribution in [0.15, 0.2) is 60.8 Å². The molecule has 28 heavy (non-hydrogen) atoms. The number of benzene rings is 2. The summed E-state index contributed by atoms with van der Waals surface area (Å²) in [5.41, 5.74) is 2.57. The minimum atomic E-state index is -0.255. The number of nitrogens with zero attached hydrogens (tertiary/aromatic N) is 1. The number of ether oxygens (including phenoxy) is 2. The van der Waals surface area contributed by atoms with Crippen LogP contribution in [0.1, 0.15) is 15.9 Å². The molecule has 2 aromatic carbocycles. The van der Waals surface area contributed by atoms with Gasteiger partial charge in [0.05, 0.1) is 11.9 Å². The number of carbonyl (C=O) groups excluding carboxylic acids is 1. The van der Waals surface area contributed by atoms with Crippen LogP contribution in [-0.2, 0) is 6.42 Å². The van der Waals surface area contributed by atoms with E-state index < -0.39 is 0 Å². The van der Waals surface area contributed by atoms with Crippen LogP contribution in [-0.4, -0.2) is 24.2 Å². The fourth-order valence-corrected chi connectivity index (χ4v) is 2.93. The van der Waals surface area contributed by atoms with Crippen molar-refractivity contribution in [3.63, 3.8) is 0 Å². The summed E-state index contributed by atoms with van der Waals surface area (Å²) in [4.78, 5) is 16.7. The lowest BCUT2D eigenvalue weighted by atomic mass is 10.1. The van der Waals surface area contributed by atoms with Gasteiger partial charge >= 0.3 is 0 Å². The molecule has 0 saturated heterocycles. The first-order valence-corrected chi connectivity index (χ1v) is 9.20. The maximum absolute atomic E-state index is 12.4. The molecule has 0 bridgehead atoms. The van der Waals surface area contributed by atoms with Gasteiger partial charge in [-0.05, 0) is 54.4 Å². The van der Waals surface area contributed by atoms with Crippen LogP contribution in [0.5, 0.6) is 11.5 Å². The van der Waals surface area contributed by atoms with Crippen molar-refractivity contribution in [1.29, 1.82) is 0 Å². The van der Waals surface area contributed by atoms with E-state index in [0.717, 1.165) is 23.7 Å². The Morgan fingerprint density at radius 2 is 1.86 bits per heavy atom. The topological polar surface area (TPSA) is 72.5 Å². The maximum Gasteiger partial charge on any atom is 0.256 e. The van der Waals surface area contributed by atoms with Crippen molar-refractivity contribution in [2.75, 3.05) is 24.0 Å². The number of amides is 1. The van der Waals surface area contributed by atoms with Crippen LogP contribution >= 0.6 is 11.6 Å². The number of hydrogen-bond donors (Lipinski definition) is 2. The Bertz CT molecular complexity index is 975. The van der Waals surface area contributed by atoms with Crippen molar-refractivity contribution in [3.8, 4) is 11.5 Å². The molecule has 3 aromatic rings. The fourth-order valence-electron chi connectivity index (χ4n) is 2.80. The van der Waals surface area contributed by atoms with E-state index >= 15 is 0 Å². The van der Waals surface area contributed by atoms with E-state index in [-0.39, 0.29) is 12.7 Å².